The summed E-state index contributed by atoms with van der Waals surface area (Å²) in [5, 5.41) is 22.1. The number of hydrogen-bond acceptors (Lipinski definition) is 4. The molecule has 2 N–H and O–H groups in total. The summed E-state index contributed by atoms with van der Waals surface area (Å²) >= 11 is 0. The SMILES string of the molecule is Cn1cc(COc2cccc(B(O)O)c2)cn1. The van der Waals surface area contributed by atoms with Gasteiger partial charge in [-0.05, 0) is 17.6 Å². The van der Waals surface area contributed by atoms with Gasteiger partial charge in [0.05, 0.1) is 6.20 Å². The molecule has 1 aromatic heterocycles. The maximum Gasteiger partial charge on any atom is 0.488 e. The van der Waals surface area contributed by atoms with Crippen molar-refractivity contribution in [1.29, 1.82) is 0 Å². The Bertz CT molecular complexity index is 499. The minimum absolute atomic E-state index is 0.402. The van der Waals surface area contributed by atoms with Crippen LogP contribution in [0.4, 0.5) is 0 Å². The fraction of sp³-hybridized carbons (Fsp3) is 0.182. The Labute approximate surface area is 99.4 Å². The predicted octanol–water partition coefficient (Wildman–Crippen LogP) is -0.321. The molecule has 0 fully saturated rings. The van der Waals surface area contributed by atoms with E-state index in [-0.39, 0.29) is 0 Å². The van der Waals surface area contributed by atoms with Crippen molar-refractivity contribution in [1.82, 2.24) is 9.78 Å². The molecule has 2 aromatic rings. The van der Waals surface area contributed by atoms with Gasteiger partial charge in [0, 0.05) is 18.8 Å². The molecule has 0 saturated heterocycles. The van der Waals surface area contributed by atoms with Crippen LogP contribution in [-0.2, 0) is 13.7 Å². The summed E-state index contributed by atoms with van der Waals surface area (Å²) in [5.74, 6) is 0.597. The highest BCUT2D eigenvalue weighted by atomic mass is 16.5. The van der Waals surface area contributed by atoms with Crippen molar-refractivity contribution < 1.29 is 14.8 Å². The average molecular weight is 232 g/mol. The van der Waals surface area contributed by atoms with E-state index < -0.39 is 7.12 Å². The summed E-state index contributed by atoms with van der Waals surface area (Å²) in [5.41, 5.74) is 1.37. The Kier molecular flexibility index (Phi) is 3.46. The molecule has 1 heterocycles. The van der Waals surface area contributed by atoms with E-state index >= 15 is 0 Å². The minimum Gasteiger partial charge on any atom is -0.489 e. The zero-order valence-electron chi connectivity index (χ0n) is 9.45. The maximum absolute atomic E-state index is 9.02. The van der Waals surface area contributed by atoms with Crippen LogP contribution >= 0.6 is 0 Å². The lowest BCUT2D eigenvalue weighted by atomic mass is 9.80. The second-order valence-electron chi connectivity index (χ2n) is 3.76. The molecule has 6 heteroatoms. The largest absolute Gasteiger partial charge is 0.489 e. The van der Waals surface area contributed by atoms with Crippen LogP contribution in [0.3, 0.4) is 0 Å². The van der Waals surface area contributed by atoms with Crippen LogP contribution in [0, 0.1) is 0 Å². The number of benzene rings is 1. The first-order valence-corrected chi connectivity index (χ1v) is 5.21. The van der Waals surface area contributed by atoms with Gasteiger partial charge in [-0.25, -0.2) is 0 Å². The van der Waals surface area contributed by atoms with Crippen molar-refractivity contribution in [2.45, 2.75) is 6.61 Å². The Hall–Kier alpha value is -1.79. The summed E-state index contributed by atoms with van der Waals surface area (Å²) in [4.78, 5) is 0. The first-order valence-electron chi connectivity index (χ1n) is 5.21. The van der Waals surface area contributed by atoms with E-state index in [0.29, 0.717) is 17.8 Å². The lowest BCUT2D eigenvalue weighted by Crippen LogP contribution is -2.29. The average Bonchev–Trinajstić information content (AvgIpc) is 2.73. The van der Waals surface area contributed by atoms with Gasteiger partial charge in [0.2, 0.25) is 0 Å². The van der Waals surface area contributed by atoms with Crippen LogP contribution < -0.4 is 10.2 Å². The van der Waals surface area contributed by atoms with E-state index in [2.05, 4.69) is 5.10 Å². The van der Waals surface area contributed by atoms with Crippen molar-refractivity contribution in [2.24, 2.45) is 7.05 Å². The van der Waals surface area contributed by atoms with E-state index in [9.17, 15) is 0 Å². The van der Waals surface area contributed by atoms with E-state index in [0.717, 1.165) is 5.56 Å². The molecule has 5 nitrogen and oxygen atoms in total. The van der Waals surface area contributed by atoms with Gasteiger partial charge < -0.3 is 14.8 Å². The molecule has 17 heavy (non-hydrogen) atoms. The molecule has 1 aromatic carbocycles. The number of hydrogen-bond donors (Lipinski definition) is 2. The molecule has 0 radical (unpaired) electrons. The first-order chi connectivity index (χ1) is 8.15. The molecule has 0 bridgehead atoms. The molecule has 0 saturated carbocycles. The fourth-order valence-electron chi connectivity index (χ4n) is 1.48. The lowest BCUT2D eigenvalue weighted by Gasteiger charge is -2.06. The quantitative estimate of drug-likeness (QED) is 0.709. The summed E-state index contributed by atoms with van der Waals surface area (Å²) in [6, 6.07) is 6.71. The Morgan fingerprint density at radius 1 is 1.41 bits per heavy atom. The molecule has 0 aliphatic heterocycles. The van der Waals surface area contributed by atoms with Crippen LogP contribution in [0.2, 0.25) is 0 Å². The molecule has 2 rings (SSSR count). The molecule has 0 aliphatic rings. The number of rotatable bonds is 4. The van der Waals surface area contributed by atoms with Crippen LogP contribution in [0.15, 0.2) is 36.7 Å². The van der Waals surface area contributed by atoms with Gasteiger partial charge in [0.15, 0.2) is 0 Å². The van der Waals surface area contributed by atoms with Crippen molar-refractivity contribution in [2.75, 3.05) is 0 Å². The molecule has 88 valence electrons. The zero-order valence-corrected chi connectivity index (χ0v) is 9.45. The highest BCUT2D eigenvalue weighted by molar-refractivity contribution is 6.58. The van der Waals surface area contributed by atoms with E-state index in [1.165, 1.54) is 0 Å². The number of ether oxygens (including phenoxy) is 1. The molecule has 0 unspecified atom stereocenters. The first kappa shape index (κ1) is 11.7. The third kappa shape index (κ3) is 3.09. The van der Waals surface area contributed by atoms with Gasteiger partial charge in [-0.1, -0.05) is 12.1 Å². The number of nitrogens with zero attached hydrogens (tertiary/aromatic N) is 2. The predicted molar refractivity (Wildman–Crippen MR) is 63.8 cm³/mol. The topological polar surface area (TPSA) is 67.5 Å². The summed E-state index contributed by atoms with van der Waals surface area (Å²) < 4.78 is 7.22. The summed E-state index contributed by atoms with van der Waals surface area (Å²) in [6.45, 7) is 0.402. The van der Waals surface area contributed by atoms with Crippen molar-refractivity contribution in [3.8, 4) is 5.75 Å². The Morgan fingerprint density at radius 3 is 2.88 bits per heavy atom. The smallest absolute Gasteiger partial charge is 0.488 e. The van der Waals surface area contributed by atoms with E-state index in [1.54, 1.807) is 35.1 Å². The second-order valence-corrected chi connectivity index (χ2v) is 3.76. The van der Waals surface area contributed by atoms with Crippen molar-refractivity contribution in [3.63, 3.8) is 0 Å². The van der Waals surface area contributed by atoms with Crippen molar-refractivity contribution in [3.05, 3.63) is 42.2 Å². The molecule has 0 spiro atoms. The highest BCUT2D eigenvalue weighted by Crippen LogP contribution is 2.10. The van der Waals surface area contributed by atoms with Gasteiger partial charge in [-0.2, -0.15) is 5.10 Å². The zero-order chi connectivity index (χ0) is 12.3. The van der Waals surface area contributed by atoms with Crippen molar-refractivity contribution >= 4 is 12.6 Å². The van der Waals surface area contributed by atoms with Crippen LogP contribution in [0.5, 0.6) is 5.75 Å². The molecular weight excluding hydrogens is 219 g/mol. The molecule has 0 amide bonds. The van der Waals surface area contributed by atoms with E-state index in [1.807, 2.05) is 13.2 Å². The Morgan fingerprint density at radius 2 is 2.24 bits per heavy atom. The molecular formula is C11H13BN2O3. The standard InChI is InChI=1S/C11H13BN2O3/c1-14-7-9(6-13-14)8-17-11-4-2-3-10(5-11)12(15)16/h2-7,15-16H,8H2,1H3. The van der Waals surface area contributed by atoms with Gasteiger partial charge >= 0.3 is 7.12 Å². The third-order valence-electron chi connectivity index (χ3n) is 2.32. The van der Waals surface area contributed by atoms with Gasteiger partial charge in [0.25, 0.3) is 0 Å². The van der Waals surface area contributed by atoms with E-state index in [4.69, 9.17) is 14.8 Å². The lowest BCUT2D eigenvalue weighted by molar-refractivity contribution is 0.306. The maximum atomic E-state index is 9.02. The summed E-state index contributed by atoms with van der Waals surface area (Å²) in [6.07, 6.45) is 3.59. The van der Waals surface area contributed by atoms with Gasteiger partial charge in [-0.3, -0.25) is 4.68 Å². The molecule has 0 aliphatic carbocycles. The third-order valence-corrected chi connectivity index (χ3v) is 2.32. The summed E-state index contributed by atoms with van der Waals surface area (Å²) in [7, 11) is 0.364. The monoisotopic (exact) mass is 232 g/mol. The van der Waals surface area contributed by atoms with Gasteiger partial charge in [-0.15, -0.1) is 0 Å². The number of aryl methyl sites for hydroxylation is 1. The van der Waals surface area contributed by atoms with Gasteiger partial charge in [0.1, 0.15) is 12.4 Å². The van der Waals surface area contributed by atoms with Crippen LogP contribution in [0.1, 0.15) is 5.56 Å². The normalized spacial score (nSPS) is 10.3. The fourth-order valence-corrected chi connectivity index (χ4v) is 1.48. The minimum atomic E-state index is -1.48. The molecule has 0 atom stereocenters. The van der Waals surface area contributed by atoms with Crippen LogP contribution in [0.25, 0.3) is 0 Å². The second kappa shape index (κ2) is 5.03. The van der Waals surface area contributed by atoms with Crippen LogP contribution in [-0.4, -0.2) is 26.9 Å². The highest BCUT2D eigenvalue weighted by Gasteiger charge is 2.11. The number of aromatic nitrogens is 2. The Balaban J connectivity index is 2.01.